The lowest BCUT2D eigenvalue weighted by Gasteiger charge is -2.32. The van der Waals surface area contributed by atoms with E-state index in [2.05, 4.69) is 38.9 Å². The van der Waals surface area contributed by atoms with Crippen LogP contribution in [0.1, 0.15) is 18.4 Å². The van der Waals surface area contributed by atoms with Crippen molar-refractivity contribution in [3.63, 3.8) is 0 Å². The number of rotatable bonds is 6. The van der Waals surface area contributed by atoms with Gasteiger partial charge in [-0.2, -0.15) is 0 Å². The first kappa shape index (κ1) is 17.1. The van der Waals surface area contributed by atoms with Crippen LogP contribution in [-0.2, 0) is 16.6 Å². The number of benzene rings is 1. The average Bonchev–Trinajstić information content (AvgIpc) is 3.08. The summed E-state index contributed by atoms with van der Waals surface area (Å²) in [5.41, 5.74) is 2.38. The summed E-state index contributed by atoms with van der Waals surface area (Å²) in [7, 11) is -3.10. The molecule has 0 spiro atoms. The molecule has 130 valence electrons. The first-order valence-electron chi connectivity index (χ1n) is 8.24. The number of piperidine rings is 1. The van der Waals surface area contributed by atoms with Gasteiger partial charge in [-0.1, -0.05) is 12.1 Å². The maximum absolute atomic E-state index is 11.2. The second kappa shape index (κ2) is 7.46. The Balaban J connectivity index is 1.55. The number of imidazole rings is 1. The van der Waals surface area contributed by atoms with E-state index in [0.29, 0.717) is 12.5 Å². The molecule has 24 heavy (non-hydrogen) atoms. The second-order valence-electron chi connectivity index (χ2n) is 6.50. The van der Waals surface area contributed by atoms with Crippen LogP contribution >= 0.6 is 0 Å². The molecule has 1 fully saturated rings. The van der Waals surface area contributed by atoms with E-state index in [1.165, 1.54) is 11.8 Å². The van der Waals surface area contributed by atoms with Gasteiger partial charge >= 0.3 is 0 Å². The summed E-state index contributed by atoms with van der Waals surface area (Å²) in [5.74, 6) is 0.388. The van der Waals surface area contributed by atoms with Gasteiger partial charge in [0.2, 0.25) is 10.0 Å². The summed E-state index contributed by atoms with van der Waals surface area (Å²) in [6.07, 6.45) is 8.90. The summed E-state index contributed by atoms with van der Waals surface area (Å²) < 4.78 is 27.1. The predicted molar refractivity (Wildman–Crippen MR) is 94.4 cm³/mol. The van der Waals surface area contributed by atoms with E-state index in [4.69, 9.17) is 0 Å². The normalized spacial score (nSPS) is 19.5. The van der Waals surface area contributed by atoms with Crippen molar-refractivity contribution in [3.8, 4) is 5.69 Å². The molecule has 1 aromatic heterocycles. The molecule has 7 heteroatoms. The molecule has 2 aromatic rings. The van der Waals surface area contributed by atoms with Gasteiger partial charge in [0.15, 0.2) is 0 Å². The van der Waals surface area contributed by atoms with Crippen LogP contribution in [-0.4, -0.2) is 48.8 Å². The first-order chi connectivity index (χ1) is 11.5. The highest BCUT2D eigenvalue weighted by molar-refractivity contribution is 7.88. The highest BCUT2D eigenvalue weighted by Crippen LogP contribution is 2.19. The van der Waals surface area contributed by atoms with Crippen molar-refractivity contribution in [1.82, 2.24) is 19.2 Å². The van der Waals surface area contributed by atoms with E-state index in [1.54, 1.807) is 12.5 Å². The third-order valence-electron chi connectivity index (χ3n) is 4.38. The van der Waals surface area contributed by atoms with Gasteiger partial charge in [-0.25, -0.2) is 18.1 Å². The summed E-state index contributed by atoms with van der Waals surface area (Å²) in [5, 5.41) is 0. The number of sulfonamides is 1. The van der Waals surface area contributed by atoms with Gasteiger partial charge in [-0.05, 0) is 43.0 Å². The van der Waals surface area contributed by atoms with E-state index >= 15 is 0 Å². The third-order valence-corrected chi connectivity index (χ3v) is 5.07. The lowest BCUT2D eigenvalue weighted by atomic mass is 9.98. The van der Waals surface area contributed by atoms with Crippen LogP contribution < -0.4 is 4.72 Å². The Kier molecular flexibility index (Phi) is 5.33. The minimum Gasteiger partial charge on any atom is -0.306 e. The number of nitrogens with zero attached hydrogens (tertiary/aromatic N) is 3. The maximum Gasteiger partial charge on any atom is 0.208 e. The van der Waals surface area contributed by atoms with E-state index in [9.17, 15) is 8.42 Å². The molecule has 1 atom stereocenters. The molecule has 0 bridgehead atoms. The average molecular weight is 348 g/mol. The summed E-state index contributed by atoms with van der Waals surface area (Å²) >= 11 is 0. The lowest BCUT2D eigenvalue weighted by molar-refractivity contribution is 0.169. The van der Waals surface area contributed by atoms with Crippen LogP contribution in [0.2, 0.25) is 0 Å². The molecular weight excluding hydrogens is 324 g/mol. The molecule has 2 heterocycles. The molecule has 1 aliphatic heterocycles. The number of nitrogens with one attached hydrogen (secondary N) is 1. The fourth-order valence-electron chi connectivity index (χ4n) is 3.17. The Hall–Kier alpha value is -1.70. The molecular formula is C17H24N4O2S. The highest BCUT2D eigenvalue weighted by Gasteiger charge is 2.20. The molecule has 0 saturated carbocycles. The van der Waals surface area contributed by atoms with Gasteiger partial charge in [0.25, 0.3) is 0 Å². The van der Waals surface area contributed by atoms with Crippen LogP contribution in [0.15, 0.2) is 43.0 Å². The Labute approximate surface area is 143 Å². The number of hydrogen-bond donors (Lipinski definition) is 1. The Morgan fingerprint density at radius 2 is 2.08 bits per heavy atom. The van der Waals surface area contributed by atoms with Crippen molar-refractivity contribution in [1.29, 1.82) is 0 Å². The Morgan fingerprint density at radius 1 is 1.29 bits per heavy atom. The SMILES string of the molecule is CS(=O)(=O)NC[C@@H]1CCCN(Cc2ccc(-n3ccnc3)cc2)C1. The van der Waals surface area contributed by atoms with Crippen LogP contribution in [0, 0.1) is 5.92 Å². The Bertz CT molecular complexity index is 741. The van der Waals surface area contributed by atoms with Crippen LogP contribution in [0.5, 0.6) is 0 Å². The maximum atomic E-state index is 11.2. The summed E-state index contributed by atoms with van der Waals surface area (Å²) in [6.45, 7) is 3.44. The minimum absolute atomic E-state index is 0.388. The fraction of sp³-hybridized carbons (Fsp3) is 0.471. The Morgan fingerprint density at radius 3 is 2.75 bits per heavy atom. The van der Waals surface area contributed by atoms with E-state index in [0.717, 1.165) is 38.2 Å². The van der Waals surface area contributed by atoms with Gasteiger partial charge < -0.3 is 4.57 Å². The molecule has 1 saturated heterocycles. The van der Waals surface area contributed by atoms with Crippen molar-refractivity contribution in [2.45, 2.75) is 19.4 Å². The monoisotopic (exact) mass is 348 g/mol. The largest absolute Gasteiger partial charge is 0.306 e. The van der Waals surface area contributed by atoms with Crippen LogP contribution in [0.25, 0.3) is 5.69 Å². The van der Waals surface area contributed by atoms with Crippen molar-refractivity contribution < 1.29 is 8.42 Å². The molecule has 0 amide bonds. The zero-order chi connectivity index (χ0) is 17.0. The number of likely N-dealkylation sites (tertiary alicyclic amines) is 1. The number of hydrogen-bond acceptors (Lipinski definition) is 4. The quantitative estimate of drug-likeness (QED) is 0.862. The highest BCUT2D eigenvalue weighted by atomic mass is 32.2. The lowest BCUT2D eigenvalue weighted by Crippen LogP contribution is -2.40. The molecule has 0 radical (unpaired) electrons. The molecule has 6 nitrogen and oxygen atoms in total. The van der Waals surface area contributed by atoms with E-state index in [1.807, 2.05) is 10.8 Å². The zero-order valence-electron chi connectivity index (χ0n) is 13.9. The van der Waals surface area contributed by atoms with Crippen molar-refractivity contribution in [2.24, 2.45) is 5.92 Å². The third kappa shape index (κ3) is 4.90. The molecule has 1 aromatic carbocycles. The van der Waals surface area contributed by atoms with Gasteiger partial charge in [0.05, 0.1) is 12.6 Å². The van der Waals surface area contributed by atoms with Gasteiger partial charge in [-0.3, -0.25) is 4.90 Å². The summed E-state index contributed by atoms with van der Waals surface area (Å²) in [4.78, 5) is 6.47. The molecule has 0 aliphatic carbocycles. The van der Waals surface area contributed by atoms with Gasteiger partial charge in [0.1, 0.15) is 0 Å². The summed E-state index contributed by atoms with van der Waals surface area (Å²) in [6, 6.07) is 8.49. The zero-order valence-corrected chi connectivity index (χ0v) is 14.7. The topological polar surface area (TPSA) is 67.2 Å². The van der Waals surface area contributed by atoms with Crippen LogP contribution in [0.4, 0.5) is 0 Å². The predicted octanol–water partition coefficient (Wildman–Crippen LogP) is 1.63. The molecule has 1 aliphatic rings. The van der Waals surface area contributed by atoms with E-state index < -0.39 is 10.0 Å². The van der Waals surface area contributed by atoms with E-state index in [-0.39, 0.29) is 0 Å². The molecule has 3 rings (SSSR count). The fourth-order valence-corrected chi connectivity index (χ4v) is 3.71. The van der Waals surface area contributed by atoms with Crippen molar-refractivity contribution >= 4 is 10.0 Å². The minimum atomic E-state index is -3.10. The first-order valence-corrected chi connectivity index (χ1v) is 10.1. The number of aromatic nitrogens is 2. The standard InChI is InChI=1S/C17H24N4O2S/c1-24(22,23)19-11-16-3-2-9-20(13-16)12-15-4-6-17(7-5-15)21-10-8-18-14-21/h4-8,10,14,16,19H,2-3,9,11-13H2,1H3/t16-/m0/s1. The smallest absolute Gasteiger partial charge is 0.208 e. The van der Waals surface area contributed by atoms with Crippen molar-refractivity contribution in [2.75, 3.05) is 25.9 Å². The van der Waals surface area contributed by atoms with Crippen molar-refractivity contribution in [3.05, 3.63) is 48.5 Å². The van der Waals surface area contributed by atoms with Gasteiger partial charge in [-0.15, -0.1) is 0 Å². The van der Waals surface area contributed by atoms with Crippen LogP contribution in [0.3, 0.4) is 0 Å². The van der Waals surface area contributed by atoms with Gasteiger partial charge in [0, 0.05) is 37.7 Å². The molecule has 1 N–H and O–H groups in total. The second-order valence-corrected chi connectivity index (χ2v) is 8.33. The molecule has 0 unspecified atom stereocenters.